The zero-order chi connectivity index (χ0) is 14.0. The molecule has 1 N–H and O–H groups in total. The van der Waals surface area contributed by atoms with Gasteiger partial charge in [0.05, 0.1) is 5.54 Å². The zero-order valence-electron chi connectivity index (χ0n) is 10.8. The first-order valence-corrected chi connectivity index (χ1v) is 7.92. The quantitative estimate of drug-likeness (QED) is 0.848. The number of benzene rings is 1. The molecule has 19 heavy (non-hydrogen) atoms. The smallest absolute Gasteiger partial charge is 0.161 e. The molecule has 0 amide bonds. The van der Waals surface area contributed by atoms with Gasteiger partial charge in [-0.25, -0.2) is 8.78 Å². The first-order chi connectivity index (χ1) is 8.99. The second-order valence-electron chi connectivity index (χ2n) is 4.51. The number of hydrogen-bond donors (Lipinski definition) is 1. The van der Waals surface area contributed by atoms with Crippen LogP contribution in [0.4, 0.5) is 14.5 Å². The molecule has 1 aromatic rings. The summed E-state index contributed by atoms with van der Waals surface area (Å²) in [6.45, 7) is 4.16. The summed E-state index contributed by atoms with van der Waals surface area (Å²) in [7, 11) is 0. The molecule has 0 spiro atoms. The van der Waals surface area contributed by atoms with Crippen LogP contribution in [0, 0.1) is 11.6 Å². The Kier molecular flexibility index (Phi) is 4.50. The van der Waals surface area contributed by atoms with E-state index in [1.807, 2.05) is 0 Å². The third kappa shape index (κ3) is 3.11. The second-order valence-corrected chi connectivity index (χ2v) is 6.39. The summed E-state index contributed by atoms with van der Waals surface area (Å²) in [6, 6.07) is 2.47. The van der Waals surface area contributed by atoms with Gasteiger partial charge in [0.2, 0.25) is 0 Å². The first-order valence-electron chi connectivity index (χ1n) is 6.14. The fourth-order valence-corrected chi connectivity index (χ4v) is 3.64. The standard InChI is InChI=1S/C13H15BrF2N2S/c1-3-13(4-2)7-19-12(18-13)17-11-9(15)5-8(14)6-10(11)16/h5-6H,3-4,7H2,1-2H3,(H,17,18). The molecule has 0 atom stereocenters. The number of nitrogens with one attached hydrogen (secondary N) is 1. The lowest BCUT2D eigenvalue weighted by atomic mass is 9.97. The van der Waals surface area contributed by atoms with Gasteiger partial charge in [-0.2, -0.15) is 0 Å². The van der Waals surface area contributed by atoms with Crippen LogP contribution in [0.15, 0.2) is 21.6 Å². The van der Waals surface area contributed by atoms with Crippen molar-refractivity contribution in [3.63, 3.8) is 0 Å². The molecule has 0 radical (unpaired) electrons. The SMILES string of the molecule is CCC1(CC)CSC(Nc2c(F)cc(Br)cc2F)=N1. The van der Waals surface area contributed by atoms with Crippen LogP contribution in [-0.4, -0.2) is 16.5 Å². The average Bonchev–Trinajstić information content (AvgIpc) is 2.78. The lowest BCUT2D eigenvalue weighted by molar-refractivity contribution is 0.456. The zero-order valence-corrected chi connectivity index (χ0v) is 13.2. The molecule has 1 heterocycles. The van der Waals surface area contributed by atoms with Gasteiger partial charge in [0.25, 0.3) is 0 Å². The fourth-order valence-electron chi connectivity index (χ4n) is 1.93. The molecular formula is C13H15BrF2N2S. The van der Waals surface area contributed by atoms with Crippen molar-refractivity contribution in [1.82, 2.24) is 0 Å². The van der Waals surface area contributed by atoms with E-state index in [2.05, 4.69) is 40.1 Å². The number of amidine groups is 1. The number of thioether (sulfide) groups is 1. The third-order valence-electron chi connectivity index (χ3n) is 3.37. The minimum absolute atomic E-state index is 0.102. The first kappa shape index (κ1) is 14.8. The molecule has 0 aromatic heterocycles. The van der Waals surface area contributed by atoms with Crippen molar-refractivity contribution in [3.05, 3.63) is 28.2 Å². The summed E-state index contributed by atoms with van der Waals surface area (Å²) in [6.07, 6.45) is 1.85. The molecule has 2 nitrogen and oxygen atoms in total. The van der Waals surface area contributed by atoms with Gasteiger partial charge in [-0.15, -0.1) is 0 Å². The molecule has 0 bridgehead atoms. The summed E-state index contributed by atoms with van der Waals surface area (Å²) in [4.78, 5) is 4.58. The Morgan fingerprint density at radius 2 is 1.89 bits per heavy atom. The molecule has 0 saturated heterocycles. The largest absolute Gasteiger partial charge is 0.330 e. The lowest BCUT2D eigenvalue weighted by Crippen LogP contribution is -2.24. The Hall–Kier alpha value is -0.620. The second kappa shape index (κ2) is 5.79. The van der Waals surface area contributed by atoms with Crippen molar-refractivity contribution in [1.29, 1.82) is 0 Å². The van der Waals surface area contributed by atoms with E-state index in [9.17, 15) is 8.78 Å². The Balaban J connectivity index is 2.24. The third-order valence-corrected chi connectivity index (χ3v) is 4.98. The van der Waals surface area contributed by atoms with E-state index in [1.165, 1.54) is 23.9 Å². The van der Waals surface area contributed by atoms with Crippen LogP contribution in [0.3, 0.4) is 0 Å². The number of halogens is 3. The van der Waals surface area contributed by atoms with Gasteiger partial charge in [0.1, 0.15) is 5.69 Å². The van der Waals surface area contributed by atoms with Crippen molar-refractivity contribution in [3.8, 4) is 0 Å². The van der Waals surface area contributed by atoms with E-state index in [1.54, 1.807) is 0 Å². The van der Waals surface area contributed by atoms with Gasteiger partial charge in [0.15, 0.2) is 16.8 Å². The molecule has 1 aromatic carbocycles. The highest BCUT2D eigenvalue weighted by Gasteiger charge is 2.32. The van der Waals surface area contributed by atoms with Gasteiger partial charge < -0.3 is 5.32 Å². The van der Waals surface area contributed by atoms with Crippen LogP contribution in [0.2, 0.25) is 0 Å². The van der Waals surface area contributed by atoms with Crippen molar-refractivity contribution >= 4 is 38.5 Å². The van der Waals surface area contributed by atoms with Gasteiger partial charge in [-0.05, 0) is 25.0 Å². The summed E-state index contributed by atoms with van der Waals surface area (Å²) >= 11 is 4.57. The van der Waals surface area contributed by atoms with Crippen LogP contribution in [0.5, 0.6) is 0 Å². The van der Waals surface area contributed by atoms with E-state index < -0.39 is 11.6 Å². The number of aliphatic imine (C=N–C) groups is 1. The average molecular weight is 349 g/mol. The van der Waals surface area contributed by atoms with Crippen molar-refractivity contribution in [2.24, 2.45) is 4.99 Å². The molecule has 0 unspecified atom stereocenters. The van der Waals surface area contributed by atoms with E-state index in [0.29, 0.717) is 9.64 Å². The highest BCUT2D eigenvalue weighted by atomic mass is 79.9. The minimum atomic E-state index is -0.624. The summed E-state index contributed by atoms with van der Waals surface area (Å²) < 4.78 is 27.8. The van der Waals surface area contributed by atoms with Crippen LogP contribution in [0.25, 0.3) is 0 Å². The topological polar surface area (TPSA) is 24.4 Å². The Labute approximate surface area is 124 Å². The molecule has 6 heteroatoms. The highest BCUT2D eigenvalue weighted by molar-refractivity contribution is 9.10. The van der Waals surface area contributed by atoms with Crippen LogP contribution >= 0.6 is 27.7 Å². The Bertz CT molecular complexity index is 492. The normalized spacial score (nSPS) is 17.4. The molecule has 1 aliphatic rings. The van der Waals surface area contributed by atoms with Gasteiger partial charge in [-0.3, -0.25) is 4.99 Å². The predicted molar refractivity (Wildman–Crippen MR) is 80.9 cm³/mol. The maximum absolute atomic E-state index is 13.7. The van der Waals surface area contributed by atoms with E-state index in [4.69, 9.17) is 0 Å². The molecule has 1 aliphatic heterocycles. The number of rotatable bonds is 3. The maximum Gasteiger partial charge on any atom is 0.161 e. The number of nitrogens with zero attached hydrogens (tertiary/aromatic N) is 1. The van der Waals surface area contributed by atoms with Crippen molar-refractivity contribution in [2.45, 2.75) is 32.2 Å². The molecule has 0 saturated carbocycles. The molecule has 0 fully saturated rings. The summed E-state index contributed by atoms with van der Waals surface area (Å²) in [5.74, 6) is -0.399. The highest BCUT2D eigenvalue weighted by Crippen LogP contribution is 2.34. The molecule has 2 rings (SSSR count). The number of hydrogen-bond acceptors (Lipinski definition) is 3. The van der Waals surface area contributed by atoms with Gasteiger partial charge in [0, 0.05) is 10.2 Å². The summed E-state index contributed by atoms with van der Waals surface area (Å²) in [5.41, 5.74) is -0.243. The van der Waals surface area contributed by atoms with Crippen molar-refractivity contribution < 1.29 is 8.78 Å². The monoisotopic (exact) mass is 348 g/mol. The number of anilines is 1. The molecular weight excluding hydrogens is 334 g/mol. The van der Waals surface area contributed by atoms with Crippen LogP contribution in [-0.2, 0) is 0 Å². The summed E-state index contributed by atoms with van der Waals surface area (Å²) in [5, 5.41) is 3.36. The molecule has 104 valence electrons. The van der Waals surface area contributed by atoms with E-state index in [0.717, 1.165) is 18.6 Å². The van der Waals surface area contributed by atoms with Gasteiger partial charge >= 0.3 is 0 Å². The van der Waals surface area contributed by atoms with E-state index >= 15 is 0 Å². The Morgan fingerprint density at radius 3 is 2.37 bits per heavy atom. The van der Waals surface area contributed by atoms with Crippen LogP contribution < -0.4 is 5.32 Å². The lowest BCUT2D eigenvalue weighted by Gasteiger charge is -2.20. The Morgan fingerprint density at radius 1 is 1.32 bits per heavy atom. The van der Waals surface area contributed by atoms with Gasteiger partial charge in [-0.1, -0.05) is 41.5 Å². The maximum atomic E-state index is 13.7. The van der Waals surface area contributed by atoms with E-state index in [-0.39, 0.29) is 11.2 Å². The molecule has 0 aliphatic carbocycles. The minimum Gasteiger partial charge on any atom is -0.330 e. The van der Waals surface area contributed by atoms with Crippen molar-refractivity contribution in [2.75, 3.05) is 11.1 Å². The van der Waals surface area contributed by atoms with Crippen LogP contribution in [0.1, 0.15) is 26.7 Å². The predicted octanol–water partition coefficient (Wildman–Crippen LogP) is 4.80. The fraction of sp³-hybridized carbons (Fsp3) is 0.462.